The topological polar surface area (TPSA) is 59.6 Å². The lowest BCUT2D eigenvalue weighted by molar-refractivity contribution is 0.312. The van der Waals surface area contributed by atoms with Crippen molar-refractivity contribution in [2.45, 2.75) is 19.8 Å². The van der Waals surface area contributed by atoms with E-state index in [0.29, 0.717) is 6.61 Å². The monoisotopic (exact) mass is 301 g/mol. The van der Waals surface area contributed by atoms with Crippen LogP contribution in [0.5, 0.6) is 5.75 Å². The Morgan fingerprint density at radius 1 is 1.33 bits per heavy atom. The number of hydrogen-bond donors (Lipinski definition) is 2. The van der Waals surface area contributed by atoms with Crippen molar-refractivity contribution in [1.82, 2.24) is 5.43 Å². The number of fused-ring (bicyclic) bond motifs is 1. The molecule has 5 heteroatoms. The van der Waals surface area contributed by atoms with Crippen LogP contribution in [0.2, 0.25) is 0 Å². The van der Waals surface area contributed by atoms with Crippen LogP contribution in [0.15, 0.2) is 41.5 Å². The molecule has 0 aliphatic heterocycles. The molecule has 110 valence electrons. The zero-order chi connectivity index (χ0) is 15.1. The summed E-state index contributed by atoms with van der Waals surface area (Å²) in [5.41, 5.74) is 8.82. The highest BCUT2D eigenvalue weighted by Gasteiger charge is 2.07. The second-order valence-electron chi connectivity index (χ2n) is 4.64. The molecule has 2 aromatic rings. The number of rotatable bonds is 6. The first kappa shape index (κ1) is 15.3. The molecule has 0 heterocycles. The molecular formula is C16H19N3OS. The third kappa shape index (κ3) is 4.16. The maximum Gasteiger partial charge on any atom is 0.184 e. The van der Waals surface area contributed by atoms with E-state index in [1.165, 1.54) is 0 Å². The Balaban J connectivity index is 2.35. The highest BCUT2D eigenvalue weighted by molar-refractivity contribution is 7.80. The number of ether oxygens (including phenoxy) is 1. The first-order chi connectivity index (χ1) is 10.2. The molecule has 0 amide bonds. The fraction of sp³-hybridized carbons (Fsp3) is 0.250. The van der Waals surface area contributed by atoms with E-state index < -0.39 is 0 Å². The minimum Gasteiger partial charge on any atom is -0.492 e. The van der Waals surface area contributed by atoms with Crippen molar-refractivity contribution in [3.05, 3.63) is 42.0 Å². The molecule has 4 nitrogen and oxygen atoms in total. The number of thiocarbonyl (C=S) groups is 1. The van der Waals surface area contributed by atoms with Gasteiger partial charge in [0.1, 0.15) is 5.75 Å². The van der Waals surface area contributed by atoms with Crippen molar-refractivity contribution >= 4 is 34.3 Å². The van der Waals surface area contributed by atoms with Gasteiger partial charge in [0, 0.05) is 10.9 Å². The first-order valence-corrected chi connectivity index (χ1v) is 7.36. The standard InChI is InChI=1S/C16H19N3OS/c1-2-3-10-20-15-13(11-18-19-16(17)21)9-8-12-6-4-5-7-14(12)15/h4-9,11H,2-3,10H2,1H3,(H3,17,19,21)/b18-11+. The molecule has 0 aromatic heterocycles. The molecule has 3 N–H and O–H groups in total. The van der Waals surface area contributed by atoms with Crippen molar-refractivity contribution in [1.29, 1.82) is 0 Å². The molecule has 2 rings (SSSR count). The van der Waals surface area contributed by atoms with Gasteiger partial charge in [-0.2, -0.15) is 5.10 Å². The van der Waals surface area contributed by atoms with Crippen LogP contribution in [0.25, 0.3) is 10.8 Å². The summed E-state index contributed by atoms with van der Waals surface area (Å²) in [6, 6.07) is 12.2. The Morgan fingerprint density at radius 2 is 2.14 bits per heavy atom. The SMILES string of the molecule is CCCCOc1c(/C=N/NC(N)=S)ccc2ccccc12. The Bertz CT molecular complexity index is 655. The second kappa shape index (κ2) is 7.59. The van der Waals surface area contributed by atoms with Crippen molar-refractivity contribution in [2.24, 2.45) is 10.8 Å². The number of nitrogens with zero attached hydrogens (tertiary/aromatic N) is 1. The molecule has 0 atom stereocenters. The Kier molecular flexibility index (Phi) is 5.51. The number of hydrazone groups is 1. The average molecular weight is 301 g/mol. The van der Waals surface area contributed by atoms with Gasteiger partial charge in [0.05, 0.1) is 12.8 Å². The lowest BCUT2D eigenvalue weighted by Crippen LogP contribution is -2.24. The van der Waals surface area contributed by atoms with Gasteiger partial charge in [-0.05, 0) is 30.1 Å². The number of unbranched alkanes of at least 4 members (excludes halogenated alkanes) is 1. The van der Waals surface area contributed by atoms with Crippen LogP contribution >= 0.6 is 12.2 Å². The minimum absolute atomic E-state index is 0.139. The van der Waals surface area contributed by atoms with E-state index in [4.69, 9.17) is 22.7 Å². The van der Waals surface area contributed by atoms with E-state index in [1.54, 1.807) is 6.21 Å². The van der Waals surface area contributed by atoms with E-state index >= 15 is 0 Å². The largest absolute Gasteiger partial charge is 0.492 e. The summed E-state index contributed by atoms with van der Waals surface area (Å²) in [6.07, 6.45) is 3.79. The highest BCUT2D eigenvalue weighted by atomic mass is 32.1. The molecular weight excluding hydrogens is 282 g/mol. The molecule has 0 radical (unpaired) electrons. The summed E-state index contributed by atoms with van der Waals surface area (Å²) in [4.78, 5) is 0. The predicted molar refractivity (Wildman–Crippen MR) is 91.9 cm³/mol. The zero-order valence-electron chi connectivity index (χ0n) is 12.0. The van der Waals surface area contributed by atoms with E-state index in [0.717, 1.165) is 34.9 Å². The molecule has 0 bridgehead atoms. The van der Waals surface area contributed by atoms with E-state index in [-0.39, 0.29) is 5.11 Å². The molecule has 21 heavy (non-hydrogen) atoms. The van der Waals surface area contributed by atoms with Crippen molar-refractivity contribution in [3.63, 3.8) is 0 Å². The van der Waals surface area contributed by atoms with Gasteiger partial charge in [-0.15, -0.1) is 0 Å². The molecule has 0 spiro atoms. The van der Waals surface area contributed by atoms with Gasteiger partial charge in [0.15, 0.2) is 5.11 Å². The van der Waals surface area contributed by atoms with Gasteiger partial charge in [-0.3, -0.25) is 5.43 Å². The van der Waals surface area contributed by atoms with Gasteiger partial charge in [-0.25, -0.2) is 0 Å². The van der Waals surface area contributed by atoms with Crippen LogP contribution in [0.3, 0.4) is 0 Å². The lowest BCUT2D eigenvalue weighted by Gasteiger charge is -2.12. The second-order valence-corrected chi connectivity index (χ2v) is 5.08. The van der Waals surface area contributed by atoms with Gasteiger partial charge < -0.3 is 10.5 Å². The van der Waals surface area contributed by atoms with Crippen molar-refractivity contribution < 1.29 is 4.74 Å². The Hall–Kier alpha value is -2.14. The van der Waals surface area contributed by atoms with E-state index in [2.05, 4.69) is 29.6 Å². The summed E-state index contributed by atoms with van der Waals surface area (Å²) < 4.78 is 5.97. The van der Waals surface area contributed by atoms with Crippen LogP contribution in [0.1, 0.15) is 25.3 Å². The van der Waals surface area contributed by atoms with Crippen LogP contribution in [0.4, 0.5) is 0 Å². The van der Waals surface area contributed by atoms with Gasteiger partial charge >= 0.3 is 0 Å². The van der Waals surface area contributed by atoms with Gasteiger partial charge in [0.2, 0.25) is 0 Å². The summed E-state index contributed by atoms with van der Waals surface area (Å²) in [7, 11) is 0. The van der Waals surface area contributed by atoms with Crippen LogP contribution in [-0.4, -0.2) is 17.9 Å². The Morgan fingerprint density at radius 3 is 2.90 bits per heavy atom. The summed E-state index contributed by atoms with van der Waals surface area (Å²) in [6.45, 7) is 2.83. The molecule has 0 unspecified atom stereocenters. The zero-order valence-corrected chi connectivity index (χ0v) is 12.8. The molecule has 0 fully saturated rings. The van der Waals surface area contributed by atoms with Crippen molar-refractivity contribution in [2.75, 3.05) is 6.61 Å². The maximum atomic E-state index is 5.97. The highest BCUT2D eigenvalue weighted by Crippen LogP contribution is 2.29. The van der Waals surface area contributed by atoms with Crippen LogP contribution in [0, 0.1) is 0 Å². The number of benzene rings is 2. The number of nitrogens with two attached hydrogens (primary N) is 1. The average Bonchev–Trinajstić information content (AvgIpc) is 2.48. The molecule has 0 aliphatic rings. The quantitative estimate of drug-likeness (QED) is 0.372. The maximum absolute atomic E-state index is 5.97. The van der Waals surface area contributed by atoms with Crippen LogP contribution in [-0.2, 0) is 0 Å². The van der Waals surface area contributed by atoms with Gasteiger partial charge in [-0.1, -0.05) is 43.7 Å². The molecule has 0 aliphatic carbocycles. The summed E-state index contributed by atoms with van der Waals surface area (Å²) >= 11 is 4.73. The van der Waals surface area contributed by atoms with E-state index in [9.17, 15) is 0 Å². The lowest BCUT2D eigenvalue weighted by atomic mass is 10.1. The summed E-state index contributed by atoms with van der Waals surface area (Å²) in [5.74, 6) is 0.843. The van der Waals surface area contributed by atoms with Crippen molar-refractivity contribution in [3.8, 4) is 5.75 Å². The van der Waals surface area contributed by atoms with Gasteiger partial charge in [0.25, 0.3) is 0 Å². The minimum atomic E-state index is 0.139. The third-order valence-electron chi connectivity index (χ3n) is 3.03. The first-order valence-electron chi connectivity index (χ1n) is 6.95. The summed E-state index contributed by atoms with van der Waals surface area (Å²) in [5, 5.41) is 6.37. The number of nitrogens with one attached hydrogen (secondary N) is 1. The van der Waals surface area contributed by atoms with E-state index in [1.807, 2.05) is 24.3 Å². The molecule has 2 aromatic carbocycles. The third-order valence-corrected chi connectivity index (χ3v) is 3.12. The molecule has 0 saturated carbocycles. The fourth-order valence-electron chi connectivity index (χ4n) is 2.01. The fourth-order valence-corrected chi connectivity index (χ4v) is 2.06. The molecule has 0 saturated heterocycles. The Labute approximate surface area is 130 Å². The predicted octanol–water partition coefficient (Wildman–Crippen LogP) is 3.19. The van der Waals surface area contributed by atoms with Crippen LogP contribution < -0.4 is 15.9 Å². The normalized spacial score (nSPS) is 10.9. The number of hydrogen-bond acceptors (Lipinski definition) is 3. The smallest absolute Gasteiger partial charge is 0.184 e.